The van der Waals surface area contributed by atoms with E-state index in [-0.39, 0.29) is 27.9 Å². The van der Waals surface area contributed by atoms with Crippen molar-refractivity contribution in [1.29, 1.82) is 0 Å². The van der Waals surface area contributed by atoms with Crippen LogP contribution in [0.1, 0.15) is 27.0 Å². The largest absolute Gasteiger partial charge is 1.00 e. The van der Waals surface area contributed by atoms with E-state index in [1.165, 1.54) is 11.1 Å². The third-order valence-electron chi connectivity index (χ3n) is 4.70. The van der Waals surface area contributed by atoms with Crippen LogP contribution in [0.5, 0.6) is 0 Å². The van der Waals surface area contributed by atoms with Crippen molar-refractivity contribution in [2.75, 3.05) is 0 Å². The second-order valence-corrected chi connectivity index (χ2v) is 6.80. The fourth-order valence-electron chi connectivity index (χ4n) is 3.29. The van der Waals surface area contributed by atoms with Gasteiger partial charge in [0.1, 0.15) is 0 Å². The van der Waals surface area contributed by atoms with Crippen molar-refractivity contribution in [2.45, 2.75) is 18.4 Å². The number of rotatable bonds is 7. The fraction of sp³-hybridized carbons (Fsp3) is 0.136. The summed E-state index contributed by atoms with van der Waals surface area (Å²) >= 11 is 0. The minimum atomic E-state index is -1.17. The summed E-state index contributed by atoms with van der Waals surface area (Å²) in [5.74, 6) is -1.17. The van der Waals surface area contributed by atoms with Crippen molar-refractivity contribution in [3.8, 4) is 0 Å². The van der Waals surface area contributed by atoms with Gasteiger partial charge in [0.25, 0.3) is 0 Å². The first-order chi connectivity index (χ1) is 12.6. The molecule has 3 rings (SSSR count). The molecular formula is C22H22AgO3P. The van der Waals surface area contributed by atoms with Gasteiger partial charge in [-0.05, 0) is 0 Å². The third-order valence-corrected chi connectivity index (χ3v) is 5.48. The zero-order valence-corrected chi connectivity index (χ0v) is 18.5. The van der Waals surface area contributed by atoms with Crippen LogP contribution in [0.4, 0.5) is 0 Å². The van der Waals surface area contributed by atoms with E-state index >= 15 is 0 Å². The molecule has 3 nitrogen and oxygen atoms in total. The maximum Gasteiger partial charge on any atom is 1.00 e. The van der Waals surface area contributed by atoms with Gasteiger partial charge in [-0.15, -0.1) is 0 Å². The molecule has 0 unspecified atom stereocenters. The maximum absolute atomic E-state index is 11.1. The smallest absolute Gasteiger partial charge is 1.00 e. The first-order valence-electron chi connectivity index (χ1n) is 8.58. The van der Waals surface area contributed by atoms with Crippen LogP contribution < -0.4 is 5.11 Å². The number of aromatic carboxylic acids is 1. The number of carboxylic acid groups (broad SMARTS) is 1. The van der Waals surface area contributed by atoms with Gasteiger partial charge in [-0.25, -0.2) is 0 Å². The molecule has 0 radical (unpaired) electrons. The molecule has 0 aromatic heterocycles. The third kappa shape index (κ3) is 5.38. The molecular weight excluding hydrogens is 451 g/mol. The van der Waals surface area contributed by atoms with E-state index in [2.05, 4.69) is 24.3 Å². The summed E-state index contributed by atoms with van der Waals surface area (Å²) in [6.45, 7) is 0. The molecule has 0 N–H and O–H groups in total. The van der Waals surface area contributed by atoms with Gasteiger partial charge in [0.15, 0.2) is 0 Å². The summed E-state index contributed by atoms with van der Waals surface area (Å²) in [4.78, 5) is 11.1. The zero-order chi connectivity index (χ0) is 18.4. The SMILES string of the molecule is O=C([O-])c1ccc(C(Cc2ccccc2)(Cc2ccccc2)O[PH4])cc1.[Ag+]. The van der Waals surface area contributed by atoms with Crippen molar-refractivity contribution in [3.63, 3.8) is 0 Å². The Balaban J connectivity index is 0.00000261. The van der Waals surface area contributed by atoms with Crippen LogP contribution in [0.15, 0.2) is 84.9 Å². The normalized spacial score (nSPS) is 10.9. The van der Waals surface area contributed by atoms with Gasteiger partial charge in [0.05, 0.1) is 0 Å². The number of hydrogen-bond donors (Lipinski definition) is 0. The fourth-order valence-corrected chi connectivity index (χ4v) is 3.81. The van der Waals surface area contributed by atoms with Crippen molar-refractivity contribution in [2.24, 2.45) is 0 Å². The van der Waals surface area contributed by atoms with Crippen LogP contribution in [0.2, 0.25) is 0 Å². The first kappa shape index (κ1) is 21.6. The molecule has 0 saturated carbocycles. The Kier molecular flexibility index (Phi) is 7.97. The number of benzene rings is 3. The monoisotopic (exact) mass is 472 g/mol. The van der Waals surface area contributed by atoms with Crippen molar-refractivity contribution >= 4 is 15.4 Å². The molecule has 0 aliphatic rings. The quantitative estimate of drug-likeness (QED) is 0.392. The molecule has 0 bridgehead atoms. The summed E-state index contributed by atoms with van der Waals surface area (Å²) in [5, 5.41) is 11.1. The Labute approximate surface area is 177 Å². The predicted octanol–water partition coefficient (Wildman–Crippen LogP) is 3.00. The standard InChI is InChI=1S/C22H23O3P.Ag/c23-21(24)19-11-13-20(14-12-19)22(25-26,15-17-7-3-1-4-8-17)16-18-9-5-2-6-10-18;/h1-14H,15-16H2,26H4,(H,23,24);/q;+1/p-1. The van der Waals surface area contributed by atoms with Gasteiger partial charge in [0, 0.05) is 0 Å². The van der Waals surface area contributed by atoms with Crippen LogP contribution >= 0.6 is 9.47 Å². The van der Waals surface area contributed by atoms with E-state index in [4.69, 9.17) is 4.52 Å². The summed E-state index contributed by atoms with van der Waals surface area (Å²) in [6, 6.07) is 27.3. The molecule has 0 atom stereocenters. The van der Waals surface area contributed by atoms with Crippen LogP contribution in [-0.4, -0.2) is 5.97 Å². The average Bonchev–Trinajstić information content (AvgIpc) is 2.69. The summed E-state index contributed by atoms with van der Waals surface area (Å²) in [6.07, 6.45) is 1.44. The van der Waals surface area contributed by atoms with E-state index in [0.717, 1.165) is 18.4 Å². The van der Waals surface area contributed by atoms with E-state index < -0.39 is 11.6 Å². The predicted molar refractivity (Wildman–Crippen MR) is 106 cm³/mol. The number of carboxylic acids is 1. The molecule has 144 valence electrons. The second kappa shape index (κ2) is 9.98. The Bertz CT molecular complexity index is 810. The molecule has 0 fully saturated rings. The average molecular weight is 473 g/mol. The topological polar surface area (TPSA) is 49.4 Å². The molecule has 0 spiro atoms. The summed E-state index contributed by atoms with van der Waals surface area (Å²) < 4.78 is 6.21. The second-order valence-electron chi connectivity index (χ2n) is 6.39. The Morgan fingerprint density at radius 2 is 1.26 bits per heavy atom. The van der Waals surface area contributed by atoms with Crippen molar-refractivity contribution in [3.05, 3.63) is 107 Å². The molecule has 3 aromatic rings. The van der Waals surface area contributed by atoms with Crippen LogP contribution in [0.25, 0.3) is 0 Å². The number of carbonyl (C=O) groups excluding carboxylic acids is 1. The Morgan fingerprint density at radius 1 is 0.815 bits per heavy atom. The van der Waals surface area contributed by atoms with Gasteiger partial charge >= 0.3 is 178 Å². The molecule has 0 saturated heterocycles. The molecule has 0 amide bonds. The minimum absolute atomic E-state index is 0. The van der Waals surface area contributed by atoms with E-state index in [9.17, 15) is 9.90 Å². The van der Waals surface area contributed by atoms with Gasteiger partial charge < -0.3 is 0 Å². The van der Waals surface area contributed by atoms with Crippen LogP contribution in [0, 0.1) is 0 Å². The maximum atomic E-state index is 11.1. The van der Waals surface area contributed by atoms with Gasteiger partial charge in [-0.3, -0.25) is 0 Å². The van der Waals surface area contributed by atoms with Crippen molar-refractivity contribution < 1.29 is 36.8 Å². The van der Waals surface area contributed by atoms with Crippen molar-refractivity contribution in [1.82, 2.24) is 0 Å². The Hall–Kier alpha value is -1.74. The minimum Gasteiger partial charge on any atom is 1.00 e. The summed E-state index contributed by atoms with van der Waals surface area (Å²) in [7, 11) is 0.569. The molecule has 0 aliphatic heterocycles. The molecule has 0 heterocycles. The van der Waals surface area contributed by atoms with Gasteiger partial charge in [-0.2, -0.15) is 0 Å². The van der Waals surface area contributed by atoms with Gasteiger partial charge in [-0.1, -0.05) is 0 Å². The van der Waals surface area contributed by atoms with E-state index in [1.54, 1.807) is 12.1 Å². The zero-order valence-electron chi connectivity index (χ0n) is 15.0. The molecule has 0 aliphatic carbocycles. The summed E-state index contributed by atoms with van der Waals surface area (Å²) in [5.41, 5.74) is 2.99. The number of hydrogen-bond acceptors (Lipinski definition) is 3. The van der Waals surface area contributed by atoms with Crippen LogP contribution in [-0.2, 0) is 45.3 Å². The van der Waals surface area contributed by atoms with Crippen LogP contribution in [0.3, 0.4) is 0 Å². The number of carbonyl (C=O) groups is 1. The van der Waals surface area contributed by atoms with E-state index in [0.29, 0.717) is 9.47 Å². The molecule has 3 aromatic carbocycles. The Morgan fingerprint density at radius 3 is 1.63 bits per heavy atom. The van der Waals surface area contributed by atoms with E-state index in [1.807, 2.05) is 48.5 Å². The molecule has 5 heteroatoms. The first-order valence-corrected chi connectivity index (χ1v) is 9.39. The van der Waals surface area contributed by atoms with Gasteiger partial charge in [0.2, 0.25) is 0 Å². The molecule has 27 heavy (non-hydrogen) atoms.